The number of carbonyl (C=O) groups is 1. The van der Waals surface area contributed by atoms with Gasteiger partial charge >= 0.3 is 0 Å². The summed E-state index contributed by atoms with van der Waals surface area (Å²) in [6.45, 7) is 1.32. The molecule has 0 radical (unpaired) electrons. The van der Waals surface area contributed by atoms with E-state index in [4.69, 9.17) is 0 Å². The van der Waals surface area contributed by atoms with Gasteiger partial charge in [0.05, 0.1) is 18.8 Å². The molecule has 0 aromatic heterocycles. The molecule has 1 aliphatic rings. The van der Waals surface area contributed by atoms with Crippen molar-refractivity contribution in [3.8, 4) is 0 Å². The Hall–Kier alpha value is -0.650. The molecule has 1 rings (SSSR count). The summed E-state index contributed by atoms with van der Waals surface area (Å²) in [4.78, 5) is 12.8. The minimum Gasteiger partial charge on any atom is -0.390 e. The largest absolute Gasteiger partial charge is 0.390 e. The number of rotatable bonds is 2. The fourth-order valence-corrected chi connectivity index (χ4v) is 1.41. The zero-order chi connectivity index (χ0) is 9.84. The molecule has 3 N–H and O–H groups in total. The first-order valence-corrected chi connectivity index (χ1v) is 4.42. The molecule has 5 nitrogen and oxygen atoms in total. The predicted molar refractivity (Wildman–Crippen MR) is 47.1 cm³/mol. The van der Waals surface area contributed by atoms with E-state index in [1.807, 2.05) is 4.90 Å². The van der Waals surface area contributed by atoms with Gasteiger partial charge in [-0.15, -0.1) is 0 Å². The van der Waals surface area contributed by atoms with Gasteiger partial charge in [0.2, 0.25) is 5.91 Å². The van der Waals surface area contributed by atoms with E-state index < -0.39 is 12.2 Å². The lowest BCUT2D eigenvalue weighted by atomic mass is 10.1. The summed E-state index contributed by atoms with van der Waals surface area (Å²) < 4.78 is 0. The number of likely N-dealkylation sites (N-methyl/N-ethyl adjacent to an activating group) is 1. The lowest BCUT2D eigenvalue weighted by molar-refractivity contribution is -0.123. The van der Waals surface area contributed by atoms with Crippen molar-refractivity contribution < 1.29 is 15.0 Å². The molecule has 0 aromatic rings. The number of nitrogens with zero attached hydrogens (tertiary/aromatic N) is 1. The predicted octanol–water partition coefficient (Wildman–Crippen LogP) is -1.84. The van der Waals surface area contributed by atoms with Crippen molar-refractivity contribution in [2.45, 2.75) is 18.6 Å². The molecule has 0 bridgehead atoms. The molecule has 2 atom stereocenters. The minimum atomic E-state index is -0.724. The van der Waals surface area contributed by atoms with E-state index in [-0.39, 0.29) is 5.91 Å². The normalized spacial score (nSPS) is 30.1. The van der Waals surface area contributed by atoms with E-state index in [9.17, 15) is 15.0 Å². The highest BCUT2D eigenvalue weighted by atomic mass is 16.3. The summed E-state index contributed by atoms with van der Waals surface area (Å²) in [5, 5.41) is 21.0. The van der Waals surface area contributed by atoms with Crippen LogP contribution in [-0.4, -0.2) is 59.9 Å². The van der Waals surface area contributed by atoms with Gasteiger partial charge < -0.3 is 15.5 Å². The fraction of sp³-hybridized carbons (Fsp3) is 0.875. The smallest absolute Gasteiger partial charge is 0.233 e. The van der Waals surface area contributed by atoms with Crippen molar-refractivity contribution in [3.05, 3.63) is 0 Å². The maximum Gasteiger partial charge on any atom is 0.233 e. The van der Waals surface area contributed by atoms with Gasteiger partial charge in [-0.05, 0) is 6.42 Å². The molecule has 1 fully saturated rings. The molecule has 0 aliphatic carbocycles. The average molecular weight is 188 g/mol. The number of carbonyl (C=O) groups excluding carboxylic acids is 1. The number of aliphatic hydroxyl groups excluding tert-OH is 2. The van der Waals surface area contributed by atoms with Crippen LogP contribution >= 0.6 is 0 Å². The van der Waals surface area contributed by atoms with Gasteiger partial charge in [0, 0.05) is 20.1 Å². The molecule has 0 aromatic carbocycles. The van der Waals surface area contributed by atoms with Crippen LogP contribution in [0.15, 0.2) is 0 Å². The number of β-amino-alcohol motifs (C(OH)–C–C–N with tert-alkyl or cyclic N) is 1. The first kappa shape index (κ1) is 10.4. The number of nitrogens with one attached hydrogen (secondary N) is 1. The van der Waals surface area contributed by atoms with Crippen molar-refractivity contribution in [2.75, 3.05) is 26.7 Å². The standard InChI is InChI=1S/C8H16N2O3/c1-9-8(13)5-10-3-2-6(11)7(12)4-10/h6-7,11-12H,2-5H2,1H3,(H,9,13)/t6-,7+/m1/s1. The molecule has 0 spiro atoms. The SMILES string of the molecule is CNC(=O)CN1CC[C@@H](O)[C@@H](O)C1. The Morgan fingerprint density at radius 1 is 1.54 bits per heavy atom. The Labute approximate surface area is 77.3 Å². The molecule has 0 unspecified atom stereocenters. The molecule has 1 saturated heterocycles. The Morgan fingerprint density at radius 3 is 2.77 bits per heavy atom. The van der Waals surface area contributed by atoms with Crippen molar-refractivity contribution in [2.24, 2.45) is 0 Å². The number of aliphatic hydroxyl groups is 2. The number of likely N-dealkylation sites (tertiary alicyclic amines) is 1. The van der Waals surface area contributed by atoms with Crippen molar-refractivity contribution >= 4 is 5.91 Å². The molecular formula is C8H16N2O3. The summed E-state index contributed by atoms with van der Waals surface area (Å²) >= 11 is 0. The van der Waals surface area contributed by atoms with E-state index in [0.717, 1.165) is 0 Å². The summed E-state index contributed by atoms with van der Waals surface area (Å²) in [6.07, 6.45) is -0.836. The van der Waals surface area contributed by atoms with E-state index in [1.165, 1.54) is 0 Å². The van der Waals surface area contributed by atoms with Crippen LogP contribution in [0.25, 0.3) is 0 Å². The Morgan fingerprint density at radius 2 is 2.23 bits per heavy atom. The van der Waals surface area contributed by atoms with Gasteiger partial charge in [-0.2, -0.15) is 0 Å². The lowest BCUT2D eigenvalue weighted by Crippen LogP contribution is -2.49. The molecule has 1 heterocycles. The third-order valence-corrected chi connectivity index (χ3v) is 2.28. The molecule has 1 amide bonds. The van der Waals surface area contributed by atoms with Crippen LogP contribution in [0.5, 0.6) is 0 Å². The van der Waals surface area contributed by atoms with Gasteiger partial charge in [0.1, 0.15) is 0 Å². The van der Waals surface area contributed by atoms with Crippen LogP contribution in [0.3, 0.4) is 0 Å². The van der Waals surface area contributed by atoms with Gasteiger partial charge in [-0.25, -0.2) is 0 Å². The van der Waals surface area contributed by atoms with Crippen LogP contribution in [0.2, 0.25) is 0 Å². The van der Waals surface area contributed by atoms with E-state index in [2.05, 4.69) is 5.32 Å². The first-order chi connectivity index (χ1) is 6.13. The Balaban J connectivity index is 2.33. The molecule has 0 saturated carbocycles. The first-order valence-electron chi connectivity index (χ1n) is 4.42. The van der Waals surface area contributed by atoms with Crippen LogP contribution in [-0.2, 0) is 4.79 Å². The van der Waals surface area contributed by atoms with Gasteiger partial charge in [-0.3, -0.25) is 9.69 Å². The average Bonchev–Trinajstić information content (AvgIpc) is 2.11. The molecule has 13 heavy (non-hydrogen) atoms. The second kappa shape index (κ2) is 4.55. The van der Waals surface area contributed by atoms with Gasteiger partial charge in [0.15, 0.2) is 0 Å². The number of hydrogen-bond donors (Lipinski definition) is 3. The quantitative estimate of drug-likeness (QED) is 0.476. The topological polar surface area (TPSA) is 72.8 Å². The molecular weight excluding hydrogens is 172 g/mol. The van der Waals surface area contributed by atoms with Gasteiger partial charge in [0.25, 0.3) is 0 Å². The molecule has 5 heteroatoms. The van der Waals surface area contributed by atoms with E-state index in [0.29, 0.717) is 26.1 Å². The summed E-state index contributed by atoms with van der Waals surface area (Å²) in [6, 6.07) is 0. The molecule has 1 aliphatic heterocycles. The fourth-order valence-electron chi connectivity index (χ4n) is 1.41. The van der Waals surface area contributed by atoms with Crippen LogP contribution in [0, 0.1) is 0 Å². The Kier molecular flexibility index (Phi) is 3.65. The van der Waals surface area contributed by atoms with E-state index in [1.54, 1.807) is 7.05 Å². The van der Waals surface area contributed by atoms with Crippen molar-refractivity contribution in [1.82, 2.24) is 10.2 Å². The van der Waals surface area contributed by atoms with E-state index >= 15 is 0 Å². The lowest BCUT2D eigenvalue weighted by Gasteiger charge is -2.32. The third-order valence-electron chi connectivity index (χ3n) is 2.28. The minimum absolute atomic E-state index is 0.0661. The number of amides is 1. The number of hydrogen-bond acceptors (Lipinski definition) is 4. The van der Waals surface area contributed by atoms with Crippen LogP contribution in [0.4, 0.5) is 0 Å². The highest BCUT2D eigenvalue weighted by Gasteiger charge is 2.26. The zero-order valence-corrected chi connectivity index (χ0v) is 7.73. The maximum atomic E-state index is 11.0. The summed E-state index contributed by atoms with van der Waals surface area (Å²) in [7, 11) is 1.58. The molecule has 76 valence electrons. The Bertz CT molecular complexity index is 186. The zero-order valence-electron chi connectivity index (χ0n) is 7.73. The monoisotopic (exact) mass is 188 g/mol. The van der Waals surface area contributed by atoms with Gasteiger partial charge in [-0.1, -0.05) is 0 Å². The second-order valence-corrected chi connectivity index (χ2v) is 3.33. The second-order valence-electron chi connectivity index (χ2n) is 3.33. The maximum absolute atomic E-state index is 11.0. The van der Waals surface area contributed by atoms with Crippen molar-refractivity contribution in [1.29, 1.82) is 0 Å². The van der Waals surface area contributed by atoms with Crippen molar-refractivity contribution in [3.63, 3.8) is 0 Å². The van der Waals surface area contributed by atoms with Crippen LogP contribution in [0.1, 0.15) is 6.42 Å². The summed E-state index contributed by atoms with van der Waals surface area (Å²) in [5.41, 5.74) is 0. The number of piperidine rings is 1. The third kappa shape index (κ3) is 2.95. The summed E-state index contributed by atoms with van der Waals surface area (Å²) in [5.74, 6) is -0.0661. The van der Waals surface area contributed by atoms with Crippen LogP contribution < -0.4 is 5.32 Å². The highest BCUT2D eigenvalue weighted by Crippen LogP contribution is 2.09. The highest BCUT2D eigenvalue weighted by molar-refractivity contribution is 5.77.